The molecule has 0 saturated carbocycles. The number of hydrogen-bond acceptors (Lipinski definition) is 5. The molecule has 0 radical (unpaired) electrons. The molecule has 1 aromatic rings. The number of piperidine rings is 1. The minimum Gasteiger partial charge on any atom is -0.388 e. The summed E-state index contributed by atoms with van der Waals surface area (Å²) >= 11 is 0. The van der Waals surface area contributed by atoms with Crippen LogP contribution in [0.2, 0.25) is 0 Å². The van der Waals surface area contributed by atoms with Gasteiger partial charge in [-0.05, 0) is 33.6 Å². The van der Waals surface area contributed by atoms with Gasteiger partial charge < -0.3 is 15.3 Å². The van der Waals surface area contributed by atoms with Crippen LogP contribution >= 0.6 is 0 Å². The van der Waals surface area contributed by atoms with Crippen LogP contribution in [0.5, 0.6) is 0 Å². The van der Waals surface area contributed by atoms with Crippen molar-refractivity contribution in [1.29, 1.82) is 0 Å². The molecule has 1 unspecified atom stereocenters. The molecule has 2 N–H and O–H groups in total. The van der Waals surface area contributed by atoms with Crippen molar-refractivity contribution in [3.8, 4) is 0 Å². The highest BCUT2D eigenvalue weighted by atomic mass is 16.3. The normalized spacial score (nSPS) is 24.1. The first kappa shape index (κ1) is 13.1. The SMILES string of the molecule is CCNc1ncc(C)c(N2CCCC(C)(O)C2)n1. The Balaban J connectivity index is 2.23. The van der Waals surface area contributed by atoms with Crippen molar-refractivity contribution in [2.75, 3.05) is 29.9 Å². The Morgan fingerprint density at radius 2 is 2.33 bits per heavy atom. The molecule has 5 nitrogen and oxygen atoms in total. The topological polar surface area (TPSA) is 61.3 Å². The Morgan fingerprint density at radius 1 is 1.56 bits per heavy atom. The second-order valence-corrected chi connectivity index (χ2v) is 5.25. The minimum atomic E-state index is -0.617. The number of β-amino-alcohol motifs (C(OH)–C–C–N with tert-alkyl or cyclic N) is 1. The van der Waals surface area contributed by atoms with Gasteiger partial charge in [0.15, 0.2) is 0 Å². The predicted octanol–water partition coefficient (Wildman–Crippen LogP) is 1.57. The number of nitrogens with zero attached hydrogens (tertiary/aromatic N) is 3. The van der Waals surface area contributed by atoms with Gasteiger partial charge in [-0.25, -0.2) is 4.98 Å². The third-order valence-corrected chi connectivity index (χ3v) is 3.25. The van der Waals surface area contributed by atoms with Gasteiger partial charge in [0.2, 0.25) is 5.95 Å². The van der Waals surface area contributed by atoms with Gasteiger partial charge in [-0.2, -0.15) is 4.98 Å². The van der Waals surface area contributed by atoms with Gasteiger partial charge in [0.1, 0.15) is 5.82 Å². The maximum absolute atomic E-state index is 10.2. The van der Waals surface area contributed by atoms with E-state index in [0.29, 0.717) is 12.5 Å². The fourth-order valence-corrected chi connectivity index (χ4v) is 2.40. The zero-order valence-corrected chi connectivity index (χ0v) is 11.4. The van der Waals surface area contributed by atoms with E-state index in [4.69, 9.17) is 0 Å². The highest BCUT2D eigenvalue weighted by Crippen LogP contribution is 2.26. The molecule has 2 rings (SSSR count). The molecule has 18 heavy (non-hydrogen) atoms. The van der Waals surface area contributed by atoms with Crippen LogP contribution in [0.15, 0.2) is 6.20 Å². The third kappa shape index (κ3) is 2.90. The molecule has 2 heterocycles. The number of aryl methyl sites for hydroxylation is 1. The summed E-state index contributed by atoms with van der Waals surface area (Å²) < 4.78 is 0. The zero-order chi connectivity index (χ0) is 13.2. The molecule has 1 aromatic heterocycles. The average Bonchev–Trinajstić information content (AvgIpc) is 2.30. The summed E-state index contributed by atoms with van der Waals surface area (Å²) in [4.78, 5) is 10.9. The van der Waals surface area contributed by atoms with Crippen molar-refractivity contribution >= 4 is 11.8 Å². The number of anilines is 2. The molecule has 1 aliphatic heterocycles. The van der Waals surface area contributed by atoms with E-state index in [2.05, 4.69) is 20.2 Å². The summed E-state index contributed by atoms with van der Waals surface area (Å²) in [5, 5.41) is 13.3. The summed E-state index contributed by atoms with van der Waals surface area (Å²) in [5.74, 6) is 1.59. The lowest BCUT2D eigenvalue weighted by atomic mass is 9.95. The average molecular weight is 250 g/mol. The predicted molar refractivity (Wildman–Crippen MR) is 73.0 cm³/mol. The Labute approximate surface area is 108 Å². The largest absolute Gasteiger partial charge is 0.388 e. The Hall–Kier alpha value is -1.36. The Kier molecular flexibility index (Phi) is 3.71. The molecule has 0 aromatic carbocycles. The Morgan fingerprint density at radius 3 is 3.00 bits per heavy atom. The van der Waals surface area contributed by atoms with E-state index in [9.17, 15) is 5.11 Å². The maximum Gasteiger partial charge on any atom is 0.224 e. The lowest BCUT2D eigenvalue weighted by molar-refractivity contribution is 0.0447. The van der Waals surface area contributed by atoms with Gasteiger partial charge in [-0.3, -0.25) is 0 Å². The van der Waals surface area contributed by atoms with Crippen LogP contribution in [0, 0.1) is 6.92 Å². The van der Waals surface area contributed by atoms with Crippen molar-refractivity contribution in [3.63, 3.8) is 0 Å². The second-order valence-electron chi connectivity index (χ2n) is 5.25. The number of nitrogens with one attached hydrogen (secondary N) is 1. The summed E-state index contributed by atoms with van der Waals surface area (Å²) in [5.41, 5.74) is 0.433. The van der Waals surface area contributed by atoms with E-state index in [1.807, 2.05) is 27.0 Å². The van der Waals surface area contributed by atoms with Crippen LogP contribution < -0.4 is 10.2 Å². The molecule has 1 saturated heterocycles. The second kappa shape index (κ2) is 5.10. The number of hydrogen-bond donors (Lipinski definition) is 2. The van der Waals surface area contributed by atoms with Crippen LogP contribution in [0.1, 0.15) is 32.3 Å². The maximum atomic E-state index is 10.2. The minimum absolute atomic E-state index is 0.617. The highest BCUT2D eigenvalue weighted by molar-refractivity contribution is 5.49. The fraction of sp³-hybridized carbons (Fsp3) is 0.692. The van der Waals surface area contributed by atoms with E-state index in [1.165, 1.54) is 0 Å². The summed E-state index contributed by atoms with van der Waals surface area (Å²) in [6.45, 7) is 8.31. The standard InChI is InChI=1S/C13H22N4O/c1-4-14-12-15-8-10(2)11(16-12)17-7-5-6-13(3,18)9-17/h8,18H,4-7,9H2,1-3H3,(H,14,15,16). The molecule has 0 bridgehead atoms. The molecule has 5 heteroatoms. The first-order valence-electron chi connectivity index (χ1n) is 6.57. The van der Waals surface area contributed by atoms with Crippen molar-refractivity contribution in [2.24, 2.45) is 0 Å². The van der Waals surface area contributed by atoms with E-state index in [0.717, 1.165) is 37.3 Å². The quantitative estimate of drug-likeness (QED) is 0.852. The molecule has 1 fully saturated rings. The first-order valence-corrected chi connectivity index (χ1v) is 6.57. The van der Waals surface area contributed by atoms with E-state index in [1.54, 1.807) is 0 Å². The van der Waals surface area contributed by atoms with Crippen LogP contribution in [0.4, 0.5) is 11.8 Å². The summed E-state index contributed by atoms with van der Waals surface area (Å²) in [6, 6.07) is 0. The molecule has 100 valence electrons. The molecule has 0 aliphatic carbocycles. The van der Waals surface area contributed by atoms with E-state index < -0.39 is 5.60 Å². The van der Waals surface area contributed by atoms with Crippen molar-refractivity contribution in [3.05, 3.63) is 11.8 Å². The van der Waals surface area contributed by atoms with Crippen LogP contribution in [0.3, 0.4) is 0 Å². The lowest BCUT2D eigenvalue weighted by Crippen LogP contribution is -2.46. The van der Waals surface area contributed by atoms with Crippen molar-refractivity contribution in [1.82, 2.24) is 9.97 Å². The van der Waals surface area contributed by atoms with E-state index >= 15 is 0 Å². The number of aliphatic hydroxyl groups is 1. The van der Waals surface area contributed by atoms with Gasteiger partial charge in [0.05, 0.1) is 5.60 Å². The van der Waals surface area contributed by atoms with Gasteiger partial charge in [0, 0.05) is 31.4 Å². The monoisotopic (exact) mass is 250 g/mol. The highest BCUT2D eigenvalue weighted by Gasteiger charge is 2.29. The van der Waals surface area contributed by atoms with Crippen LogP contribution in [0.25, 0.3) is 0 Å². The Bertz CT molecular complexity index is 419. The molecule has 0 amide bonds. The summed E-state index contributed by atoms with van der Waals surface area (Å²) in [6.07, 6.45) is 3.68. The van der Waals surface area contributed by atoms with Crippen LogP contribution in [-0.4, -0.2) is 40.3 Å². The molecular weight excluding hydrogens is 228 g/mol. The molecule has 1 atom stereocenters. The fourth-order valence-electron chi connectivity index (χ4n) is 2.40. The number of rotatable bonds is 3. The van der Waals surface area contributed by atoms with Crippen molar-refractivity contribution in [2.45, 2.75) is 39.2 Å². The zero-order valence-electron chi connectivity index (χ0n) is 11.4. The summed E-state index contributed by atoms with van der Waals surface area (Å²) in [7, 11) is 0. The van der Waals surface area contributed by atoms with Gasteiger partial charge >= 0.3 is 0 Å². The van der Waals surface area contributed by atoms with Gasteiger partial charge in [-0.15, -0.1) is 0 Å². The number of aromatic nitrogens is 2. The van der Waals surface area contributed by atoms with Crippen molar-refractivity contribution < 1.29 is 5.11 Å². The van der Waals surface area contributed by atoms with Crippen LogP contribution in [-0.2, 0) is 0 Å². The third-order valence-electron chi connectivity index (χ3n) is 3.25. The van der Waals surface area contributed by atoms with E-state index in [-0.39, 0.29) is 0 Å². The first-order chi connectivity index (χ1) is 8.52. The van der Waals surface area contributed by atoms with Gasteiger partial charge in [0.25, 0.3) is 0 Å². The molecule has 0 spiro atoms. The molecular formula is C13H22N4O. The smallest absolute Gasteiger partial charge is 0.224 e. The lowest BCUT2D eigenvalue weighted by Gasteiger charge is -2.38. The molecule has 1 aliphatic rings. The van der Waals surface area contributed by atoms with Gasteiger partial charge in [-0.1, -0.05) is 0 Å².